The average Bonchev–Trinajstić information content (AvgIpc) is 3.39. The van der Waals surface area contributed by atoms with Crippen molar-refractivity contribution >= 4 is 45.5 Å². The zero-order valence-electron chi connectivity index (χ0n) is 17.8. The zero-order valence-corrected chi connectivity index (χ0v) is 18.6. The Kier molecular flexibility index (Phi) is 5.76. The predicted octanol–water partition coefficient (Wildman–Crippen LogP) is 6.03. The number of amides is 2. The van der Waals surface area contributed by atoms with Gasteiger partial charge >= 0.3 is 5.63 Å². The van der Waals surface area contributed by atoms with E-state index in [0.29, 0.717) is 38.5 Å². The molecule has 0 saturated carbocycles. The highest BCUT2D eigenvalue weighted by Gasteiger charge is 2.11. The van der Waals surface area contributed by atoms with Gasteiger partial charge in [-0.3, -0.25) is 9.59 Å². The van der Waals surface area contributed by atoms with Crippen LogP contribution in [0.5, 0.6) is 0 Å². The van der Waals surface area contributed by atoms with E-state index < -0.39 is 5.63 Å². The van der Waals surface area contributed by atoms with Crippen molar-refractivity contribution < 1.29 is 14.0 Å². The van der Waals surface area contributed by atoms with Gasteiger partial charge in [0.1, 0.15) is 5.58 Å². The van der Waals surface area contributed by atoms with Crippen molar-refractivity contribution in [1.29, 1.82) is 0 Å². The van der Waals surface area contributed by atoms with E-state index in [2.05, 4.69) is 10.6 Å². The van der Waals surface area contributed by atoms with E-state index in [1.165, 1.54) is 11.3 Å². The number of benzene rings is 3. The Labute approximate surface area is 198 Å². The summed E-state index contributed by atoms with van der Waals surface area (Å²) in [6.45, 7) is 0. The lowest BCUT2D eigenvalue weighted by atomic mass is 10.0. The van der Waals surface area contributed by atoms with Crippen molar-refractivity contribution in [3.63, 3.8) is 0 Å². The first-order chi connectivity index (χ1) is 16.6. The molecule has 0 radical (unpaired) electrons. The molecule has 2 heterocycles. The first-order valence-electron chi connectivity index (χ1n) is 10.5. The van der Waals surface area contributed by atoms with E-state index >= 15 is 0 Å². The maximum atomic E-state index is 12.7. The van der Waals surface area contributed by atoms with Gasteiger partial charge in [-0.25, -0.2) is 4.79 Å². The van der Waals surface area contributed by atoms with E-state index in [9.17, 15) is 14.4 Å². The van der Waals surface area contributed by atoms with Crippen molar-refractivity contribution in [1.82, 2.24) is 0 Å². The summed E-state index contributed by atoms with van der Waals surface area (Å²) in [6, 6.07) is 26.3. The fourth-order valence-corrected chi connectivity index (χ4v) is 4.16. The Bertz CT molecular complexity index is 1550. The normalized spacial score (nSPS) is 10.7. The van der Waals surface area contributed by atoms with Crippen LogP contribution in [-0.4, -0.2) is 11.8 Å². The van der Waals surface area contributed by atoms with Crippen molar-refractivity contribution in [3.05, 3.63) is 117 Å². The van der Waals surface area contributed by atoms with Crippen molar-refractivity contribution in [3.8, 4) is 11.1 Å². The topological polar surface area (TPSA) is 88.4 Å². The molecule has 0 aliphatic rings. The van der Waals surface area contributed by atoms with Crippen LogP contribution < -0.4 is 16.3 Å². The lowest BCUT2D eigenvalue weighted by Crippen LogP contribution is -2.13. The van der Waals surface area contributed by atoms with E-state index in [4.69, 9.17) is 4.42 Å². The SMILES string of the molecule is O=C(Nc1cccc(NC(=O)c2cccs2)c1)c1ccc(-c2cc3ccccc3oc2=O)cc1. The van der Waals surface area contributed by atoms with Crippen LogP contribution in [0.4, 0.5) is 11.4 Å². The average molecular weight is 467 g/mol. The second-order valence-corrected chi connectivity index (χ2v) is 8.48. The highest BCUT2D eigenvalue weighted by atomic mass is 32.1. The first kappa shape index (κ1) is 21.4. The fraction of sp³-hybridized carbons (Fsp3) is 0. The Morgan fingerprint density at radius 1 is 0.735 bits per heavy atom. The fourth-order valence-electron chi connectivity index (χ4n) is 3.54. The number of nitrogens with one attached hydrogen (secondary N) is 2. The van der Waals surface area contributed by atoms with Crippen molar-refractivity contribution in [2.75, 3.05) is 10.6 Å². The molecule has 5 rings (SSSR count). The molecule has 0 saturated heterocycles. The number of rotatable bonds is 5. The minimum Gasteiger partial charge on any atom is -0.422 e. The number of carbonyl (C=O) groups excluding carboxylic acids is 2. The number of carbonyl (C=O) groups is 2. The molecular formula is C27H18N2O4S. The maximum Gasteiger partial charge on any atom is 0.344 e. The molecule has 0 atom stereocenters. The Hall–Kier alpha value is -4.49. The van der Waals surface area contributed by atoms with E-state index in [1.807, 2.05) is 29.6 Å². The molecule has 0 fully saturated rings. The van der Waals surface area contributed by atoms with Gasteiger partial charge in [-0.2, -0.15) is 0 Å². The second kappa shape index (κ2) is 9.17. The molecule has 6 nitrogen and oxygen atoms in total. The third kappa shape index (κ3) is 4.51. The molecule has 0 aliphatic heterocycles. The first-order valence-corrected chi connectivity index (χ1v) is 11.3. The predicted molar refractivity (Wildman–Crippen MR) is 135 cm³/mol. The molecule has 2 N–H and O–H groups in total. The van der Waals surface area contributed by atoms with E-state index in [-0.39, 0.29) is 11.8 Å². The van der Waals surface area contributed by atoms with Crippen LogP contribution in [0.1, 0.15) is 20.0 Å². The number of hydrogen-bond donors (Lipinski definition) is 2. The number of hydrogen-bond acceptors (Lipinski definition) is 5. The number of thiophene rings is 1. The molecule has 0 bridgehead atoms. The van der Waals surface area contributed by atoms with Crippen LogP contribution in [0, 0.1) is 0 Å². The van der Waals surface area contributed by atoms with Gasteiger partial charge in [0.15, 0.2) is 0 Å². The molecule has 0 spiro atoms. The molecule has 5 aromatic rings. The van der Waals surface area contributed by atoms with Gasteiger partial charge in [0, 0.05) is 22.3 Å². The lowest BCUT2D eigenvalue weighted by Gasteiger charge is -2.09. The number of anilines is 2. The van der Waals surface area contributed by atoms with E-state index in [0.717, 1.165) is 5.39 Å². The summed E-state index contributed by atoms with van der Waals surface area (Å²) >= 11 is 1.36. The van der Waals surface area contributed by atoms with E-state index in [1.54, 1.807) is 66.7 Å². The van der Waals surface area contributed by atoms with Crippen molar-refractivity contribution in [2.24, 2.45) is 0 Å². The Morgan fingerprint density at radius 2 is 1.47 bits per heavy atom. The summed E-state index contributed by atoms with van der Waals surface area (Å²) in [5.74, 6) is -0.508. The molecule has 3 aromatic carbocycles. The van der Waals surface area contributed by atoms with Crippen LogP contribution in [0.3, 0.4) is 0 Å². The highest BCUT2D eigenvalue weighted by Crippen LogP contribution is 2.22. The van der Waals surface area contributed by atoms with Gasteiger partial charge in [-0.1, -0.05) is 42.5 Å². The Balaban J connectivity index is 1.31. The van der Waals surface area contributed by atoms with Crippen LogP contribution in [0.15, 0.2) is 106 Å². The smallest absolute Gasteiger partial charge is 0.344 e. The standard InChI is InChI=1S/C27H18N2O4S/c30-25(28-20-6-3-7-21(16-20)29-26(31)24-9-4-14-34-24)18-12-10-17(11-13-18)22-15-19-5-1-2-8-23(19)33-27(22)32/h1-16H,(H,28,30)(H,29,31). The Morgan fingerprint density at radius 3 is 2.21 bits per heavy atom. The molecule has 7 heteroatoms. The third-order valence-corrected chi connectivity index (χ3v) is 6.09. The van der Waals surface area contributed by atoms with Gasteiger partial charge in [-0.15, -0.1) is 11.3 Å². The third-order valence-electron chi connectivity index (χ3n) is 5.22. The van der Waals surface area contributed by atoms with Crippen molar-refractivity contribution in [2.45, 2.75) is 0 Å². The minimum atomic E-state index is -0.433. The van der Waals surface area contributed by atoms with Gasteiger partial charge in [0.2, 0.25) is 0 Å². The van der Waals surface area contributed by atoms with Crippen LogP contribution in [0.2, 0.25) is 0 Å². The summed E-state index contributed by atoms with van der Waals surface area (Å²) in [5, 5.41) is 8.32. The quantitative estimate of drug-likeness (QED) is 0.310. The molecule has 0 unspecified atom stereocenters. The molecular weight excluding hydrogens is 448 g/mol. The molecule has 0 aliphatic carbocycles. The van der Waals surface area contributed by atoms with Crippen LogP contribution in [0.25, 0.3) is 22.1 Å². The van der Waals surface area contributed by atoms with Gasteiger partial charge in [0.25, 0.3) is 11.8 Å². The van der Waals surface area contributed by atoms with Gasteiger partial charge in [0.05, 0.1) is 10.4 Å². The number of para-hydroxylation sites is 1. The zero-order chi connectivity index (χ0) is 23.5. The molecule has 34 heavy (non-hydrogen) atoms. The summed E-state index contributed by atoms with van der Waals surface area (Å²) in [4.78, 5) is 38.0. The number of fused-ring (bicyclic) bond motifs is 1. The highest BCUT2D eigenvalue weighted by molar-refractivity contribution is 7.12. The molecule has 166 valence electrons. The minimum absolute atomic E-state index is 0.202. The molecule has 2 aromatic heterocycles. The van der Waals surface area contributed by atoms with Crippen LogP contribution in [-0.2, 0) is 0 Å². The summed E-state index contributed by atoms with van der Waals surface area (Å²) in [5.41, 5.74) is 2.75. The van der Waals surface area contributed by atoms with Crippen LogP contribution >= 0.6 is 11.3 Å². The summed E-state index contributed by atoms with van der Waals surface area (Å²) in [7, 11) is 0. The molecule has 2 amide bonds. The van der Waals surface area contributed by atoms with Gasteiger partial charge in [-0.05, 0) is 59.5 Å². The lowest BCUT2D eigenvalue weighted by molar-refractivity contribution is 0.102. The van der Waals surface area contributed by atoms with Gasteiger partial charge < -0.3 is 15.1 Å². The monoisotopic (exact) mass is 466 g/mol. The summed E-state index contributed by atoms with van der Waals surface area (Å²) < 4.78 is 5.40. The largest absolute Gasteiger partial charge is 0.422 e. The summed E-state index contributed by atoms with van der Waals surface area (Å²) in [6.07, 6.45) is 0. The maximum absolute atomic E-state index is 12.7. The second-order valence-electron chi connectivity index (χ2n) is 7.53.